The molecular formula is C17H18O4S2. The molecule has 0 aliphatic carbocycles. The van der Waals surface area contributed by atoms with Gasteiger partial charge in [-0.15, -0.1) is 0 Å². The molecule has 0 amide bonds. The SMILES string of the molecule is C/C=C/CC(S(=O)(=O)c1ccccc1)S(=O)(=O)c1ccccc1. The summed E-state index contributed by atoms with van der Waals surface area (Å²) in [7, 11) is -8.04. The fourth-order valence-corrected chi connectivity index (χ4v) is 6.60. The lowest BCUT2D eigenvalue weighted by atomic mass is 10.4. The summed E-state index contributed by atoms with van der Waals surface area (Å²) in [6.45, 7) is 1.72. The van der Waals surface area contributed by atoms with Crippen molar-refractivity contribution in [2.24, 2.45) is 0 Å². The molecule has 0 fully saturated rings. The Morgan fingerprint density at radius 3 is 1.52 bits per heavy atom. The molecule has 0 spiro atoms. The summed E-state index contributed by atoms with van der Waals surface area (Å²) >= 11 is 0. The highest BCUT2D eigenvalue weighted by Gasteiger charge is 2.38. The number of hydrogen-bond donors (Lipinski definition) is 0. The first-order valence-corrected chi connectivity index (χ1v) is 10.2. The Morgan fingerprint density at radius 1 is 0.783 bits per heavy atom. The van der Waals surface area contributed by atoms with Crippen LogP contribution < -0.4 is 0 Å². The average Bonchev–Trinajstić information content (AvgIpc) is 2.56. The van der Waals surface area contributed by atoms with Crippen LogP contribution in [0.1, 0.15) is 13.3 Å². The molecule has 0 heterocycles. The van der Waals surface area contributed by atoms with Crippen LogP contribution in [0.5, 0.6) is 0 Å². The lowest BCUT2D eigenvalue weighted by Gasteiger charge is -2.17. The smallest absolute Gasteiger partial charge is 0.196 e. The van der Waals surface area contributed by atoms with E-state index in [9.17, 15) is 16.8 Å². The second kappa shape index (κ2) is 7.10. The predicted molar refractivity (Wildman–Crippen MR) is 90.5 cm³/mol. The largest absolute Gasteiger partial charge is 0.222 e. The van der Waals surface area contributed by atoms with Gasteiger partial charge in [0.2, 0.25) is 0 Å². The lowest BCUT2D eigenvalue weighted by molar-refractivity contribution is 0.574. The second-order valence-corrected chi connectivity index (χ2v) is 9.51. The topological polar surface area (TPSA) is 68.3 Å². The summed E-state index contributed by atoms with van der Waals surface area (Å²) in [4.78, 5) is 0.0167. The van der Waals surface area contributed by atoms with Gasteiger partial charge in [-0.05, 0) is 37.6 Å². The van der Waals surface area contributed by atoms with Crippen LogP contribution in [0.2, 0.25) is 0 Å². The van der Waals surface area contributed by atoms with Crippen molar-refractivity contribution in [1.29, 1.82) is 0 Å². The fourth-order valence-electron chi connectivity index (χ4n) is 2.19. The van der Waals surface area contributed by atoms with Crippen LogP contribution in [0, 0.1) is 0 Å². The molecule has 0 bridgehead atoms. The predicted octanol–water partition coefficient (Wildman–Crippen LogP) is 3.23. The number of rotatable bonds is 6. The zero-order chi connectivity index (χ0) is 16.9. The van der Waals surface area contributed by atoms with E-state index in [1.54, 1.807) is 55.5 Å². The molecule has 0 aliphatic rings. The van der Waals surface area contributed by atoms with Crippen molar-refractivity contribution in [2.75, 3.05) is 0 Å². The first-order valence-electron chi connectivity index (χ1n) is 7.09. The zero-order valence-electron chi connectivity index (χ0n) is 12.7. The minimum absolute atomic E-state index is 0.00834. The van der Waals surface area contributed by atoms with E-state index in [-0.39, 0.29) is 16.2 Å². The molecular weight excluding hydrogens is 332 g/mol. The van der Waals surface area contributed by atoms with Crippen LogP contribution in [0.15, 0.2) is 82.6 Å². The highest BCUT2D eigenvalue weighted by Crippen LogP contribution is 2.28. The summed E-state index contributed by atoms with van der Waals surface area (Å²) in [5.74, 6) is 0. The van der Waals surface area contributed by atoms with Gasteiger partial charge in [-0.3, -0.25) is 0 Å². The lowest BCUT2D eigenvalue weighted by Crippen LogP contribution is -2.30. The third kappa shape index (κ3) is 3.71. The Bertz CT molecular complexity index is 799. The van der Waals surface area contributed by atoms with E-state index in [1.807, 2.05) is 0 Å². The van der Waals surface area contributed by atoms with Gasteiger partial charge in [0.1, 0.15) is 0 Å². The van der Waals surface area contributed by atoms with Crippen LogP contribution in [0.3, 0.4) is 0 Å². The van der Waals surface area contributed by atoms with E-state index in [2.05, 4.69) is 0 Å². The monoisotopic (exact) mass is 350 g/mol. The summed E-state index contributed by atoms with van der Waals surface area (Å²) in [5.41, 5.74) is 0. The van der Waals surface area contributed by atoms with E-state index < -0.39 is 24.3 Å². The Morgan fingerprint density at radius 2 is 1.17 bits per heavy atom. The normalized spacial score (nSPS) is 12.8. The summed E-state index contributed by atoms with van der Waals surface area (Å²) < 4.78 is 49.8. The van der Waals surface area contributed by atoms with Crippen molar-refractivity contribution in [2.45, 2.75) is 27.7 Å². The maximum atomic E-state index is 12.8. The molecule has 0 unspecified atom stereocenters. The molecule has 2 aromatic carbocycles. The minimum Gasteiger partial charge on any atom is -0.222 e. The van der Waals surface area contributed by atoms with Crippen LogP contribution >= 0.6 is 0 Å². The van der Waals surface area contributed by atoms with Crippen molar-refractivity contribution in [1.82, 2.24) is 0 Å². The molecule has 6 heteroatoms. The quantitative estimate of drug-likeness (QED) is 0.750. The van der Waals surface area contributed by atoms with Gasteiger partial charge in [-0.25, -0.2) is 16.8 Å². The van der Waals surface area contributed by atoms with Gasteiger partial charge in [0.15, 0.2) is 24.3 Å². The van der Waals surface area contributed by atoms with E-state index in [0.29, 0.717) is 0 Å². The Kier molecular flexibility index (Phi) is 5.38. The Hall–Kier alpha value is -1.92. The number of sulfone groups is 2. The van der Waals surface area contributed by atoms with Gasteiger partial charge < -0.3 is 0 Å². The van der Waals surface area contributed by atoms with Crippen molar-refractivity contribution in [3.63, 3.8) is 0 Å². The van der Waals surface area contributed by atoms with Crippen LogP contribution in [0.4, 0.5) is 0 Å². The molecule has 0 aliphatic heterocycles. The highest BCUT2D eigenvalue weighted by atomic mass is 32.3. The molecule has 0 N–H and O–H groups in total. The van der Waals surface area contributed by atoms with Crippen molar-refractivity contribution in [3.05, 3.63) is 72.8 Å². The Labute approximate surface area is 137 Å². The second-order valence-electron chi connectivity index (χ2n) is 4.95. The van der Waals surface area contributed by atoms with Crippen LogP contribution in [-0.4, -0.2) is 21.4 Å². The van der Waals surface area contributed by atoms with E-state index >= 15 is 0 Å². The molecule has 4 nitrogen and oxygen atoms in total. The van der Waals surface area contributed by atoms with Crippen molar-refractivity contribution < 1.29 is 16.8 Å². The highest BCUT2D eigenvalue weighted by molar-refractivity contribution is 8.09. The van der Waals surface area contributed by atoms with E-state index in [1.165, 1.54) is 24.3 Å². The molecule has 0 atom stereocenters. The first-order chi connectivity index (χ1) is 10.9. The third-order valence-corrected chi connectivity index (χ3v) is 8.55. The number of benzene rings is 2. The molecule has 0 saturated carbocycles. The van der Waals surface area contributed by atoms with E-state index in [4.69, 9.17) is 0 Å². The minimum atomic E-state index is -4.02. The summed E-state index contributed by atoms with van der Waals surface area (Å²) in [5, 5.41) is 0. The van der Waals surface area contributed by atoms with Gasteiger partial charge in [0.25, 0.3) is 0 Å². The summed E-state index contributed by atoms with van der Waals surface area (Å²) in [6.07, 6.45) is 3.12. The van der Waals surface area contributed by atoms with Crippen molar-refractivity contribution >= 4 is 19.7 Å². The standard InChI is InChI=1S/C17H18O4S2/c1-2-3-14-17(22(18,19)15-10-6-4-7-11-15)23(20,21)16-12-8-5-9-13-16/h2-13,17H,14H2,1H3/b3-2+. The van der Waals surface area contributed by atoms with Crippen molar-refractivity contribution in [3.8, 4) is 0 Å². The molecule has 2 rings (SSSR count). The molecule has 0 saturated heterocycles. The van der Waals surface area contributed by atoms with Gasteiger partial charge in [-0.1, -0.05) is 48.6 Å². The first kappa shape index (κ1) is 17.4. The third-order valence-electron chi connectivity index (χ3n) is 3.40. The zero-order valence-corrected chi connectivity index (χ0v) is 14.3. The molecule has 2 aromatic rings. The molecule has 122 valence electrons. The Balaban J connectivity index is 2.59. The van der Waals surface area contributed by atoms with Crippen LogP contribution in [-0.2, 0) is 19.7 Å². The average molecular weight is 350 g/mol. The number of hydrogen-bond acceptors (Lipinski definition) is 4. The molecule has 0 radical (unpaired) electrons. The molecule has 0 aromatic heterocycles. The van der Waals surface area contributed by atoms with Gasteiger partial charge >= 0.3 is 0 Å². The number of allylic oxidation sites excluding steroid dienone is 2. The maximum absolute atomic E-state index is 12.8. The fraction of sp³-hybridized carbons (Fsp3) is 0.176. The molecule has 23 heavy (non-hydrogen) atoms. The van der Waals surface area contributed by atoms with E-state index in [0.717, 1.165) is 0 Å². The van der Waals surface area contributed by atoms with Crippen LogP contribution in [0.25, 0.3) is 0 Å². The van der Waals surface area contributed by atoms with Gasteiger partial charge in [0, 0.05) is 0 Å². The summed E-state index contributed by atoms with van der Waals surface area (Å²) in [6, 6.07) is 15.3. The van der Waals surface area contributed by atoms with Gasteiger partial charge in [0.05, 0.1) is 9.79 Å². The van der Waals surface area contributed by atoms with Gasteiger partial charge in [-0.2, -0.15) is 0 Å². The maximum Gasteiger partial charge on any atom is 0.196 e.